The minimum Gasteiger partial charge on any atom is -0.325 e. The minimum absolute atomic E-state index is 0.209. The summed E-state index contributed by atoms with van der Waals surface area (Å²) in [6.45, 7) is 3.47. The van der Waals surface area contributed by atoms with Gasteiger partial charge in [0, 0.05) is 15.6 Å². The Kier molecular flexibility index (Phi) is 5.80. The Balaban J connectivity index is 1.96. The van der Waals surface area contributed by atoms with E-state index in [9.17, 15) is 13.2 Å². The fourth-order valence-corrected chi connectivity index (χ4v) is 4.30. The second kappa shape index (κ2) is 7.44. The van der Waals surface area contributed by atoms with Crippen molar-refractivity contribution in [2.75, 3.05) is 11.9 Å². The van der Waals surface area contributed by atoms with Gasteiger partial charge in [0.1, 0.15) is 4.21 Å². The molecule has 1 amide bonds. The molecule has 1 aromatic heterocycles. The van der Waals surface area contributed by atoms with E-state index in [1.807, 2.05) is 13.8 Å². The molecule has 2 aromatic rings. The molecule has 0 atom stereocenters. The first-order valence-corrected chi connectivity index (χ1v) is 9.64. The SMILES string of the molecule is CCc1ccc(S(=O)(=O)NCC(=O)Nc2ccc(C)c(Cl)c2)s1. The Morgan fingerprint density at radius 3 is 2.61 bits per heavy atom. The molecule has 1 aromatic carbocycles. The zero-order valence-electron chi connectivity index (χ0n) is 12.7. The number of hydrogen-bond donors (Lipinski definition) is 2. The van der Waals surface area contributed by atoms with Crippen molar-refractivity contribution in [3.8, 4) is 0 Å². The number of amides is 1. The van der Waals surface area contributed by atoms with Gasteiger partial charge in [0.05, 0.1) is 6.54 Å². The van der Waals surface area contributed by atoms with Gasteiger partial charge in [-0.25, -0.2) is 13.1 Å². The highest BCUT2D eigenvalue weighted by molar-refractivity contribution is 7.91. The average Bonchev–Trinajstić information content (AvgIpc) is 2.99. The first-order chi connectivity index (χ1) is 10.8. The van der Waals surface area contributed by atoms with Crippen LogP contribution in [0.2, 0.25) is 5.02 Å². The van der Waals surface area contributed by atoms with Crippen LogP contribution in [0, 0.1) is 6.92 Å². The maximum absolute atomic E-state index is 12.1. The van der Waals surface area contributed by atoms with E-state index in [1.165, 1.54) is 11.3 Å². The van der Waals surface area contributed by atoms with Gasteiger partial charge in [-0.05, 0) is 43.2 Å². The summed E-state index contributed by atoms with van der Waals surface area (Å²) >= 11 is 7.18. The van der Waals surface area contributed by atoms with E-state index in [4.69, 9.17) is 11.6 Å². The van der Waals surface area contributed by atoms with Crippen LogP contribution < -0.4 is 10.0 Å². The second-order valence-corrected chi connectivity index (χ2v) is 8.48. The van der Waals surface area contributed by atoms with Crippen LogP contribution in [-0.2, 0) is 21.2 Å². The molecule has 2 rings (SSSR count). The molecule has 0 saturated heterocycles. The van der Waals surface area contributed by atoms with Crippen molar-refractivity contribution in [3.05, 3.63) is 45.8 Å². The summed E-state index contributed by atoms with van der Waals surface area (Å²) < 4.78 is 26.7. The first kappa shape index (κ1) is 17.9. The topological polar surface area (TPSA) is 75.3 Å². The van der Waals surface area contributed by atoms with Gasteiger partial charge in [0.25, 0.3) is 10.0 Å². The van der Waals surface area contributed by atoms with Gasteiger partial charge in [-0.1, -0.05) is 24.6 Å². The fourth-order valence-electron chi connectivity index (χ4n) is 1.80. The lowest BCUT2D eigenvalue weighted by atomic mass is 10.2. The van der Waals surface area contributed by atoms with Crippen LogP contribution >= 0.6 is 22.9 Å². The van der Waals surface area contributed by atoms with E-state index >= 15 is 0 Å². The number of aryl methyl sites for hydroxylation is 2. The van der Waals surface area contributed by atoms with E-state index in [-0.39, 0.29) is 10.8 Å². The Labute approximate surface area is 144 Å². The van der Waals surface area contributed by atoms with Crippen molar-refractivity contribution in [2.45, 2.75) is 24.5 Å². The quantitative estimate of drug-likeness (QED) is 0.817. The summed E-state index contributed by atoms with van der Waals surface area (Å²) in [4.78, 5) is 12.8. The van der Waals surface area contributed by atoms with Gasteiger partial charge >= 0.3 is 0 Å². The molecule has 0 aliphatic rings. The van der Waals surface area contributed by atoms with E-state index < -0.39 is 15.9 Å². The molecule has 0 unspecified atom stereocenters. The van der Waals surface area contributed by atoms with E-state index in [2.05, 4.69) is 10.0 Å². The number of sulfonamides is 1. The molecule has 0 bridgehead atoms. The minimum atomic E-state index is -3.67. The highest BCUT2D eigenvalue weighted by Crippen LogP contribution is 2.22. The molecular weight excluding hydrogens is 356 g/mol. The lowest BCUT2D eigenvalue weighted by molar-refractivity contribution is -0.115. The standard InChI is InChI=1S/C15H17ClN2O3S2/c1-3-12-6-7-15(22-12)23(20,21)17-9-14(19)18-11-5-4-10(2)13(16)8-11/h4-8,17H,3,9H2,1-2H3,(H,18,19). The molecular formula is C15H17ClN2O3S2. The zero-order valence-corrected chi connectivity index (χ0v) is 15.1. The predicted molar refractivity (Wildman–Crippen MR) is 93.7 cm³/mol. The normalized spacial score (nSPS) is 11.4. The van der Waals surface area contributed by atoms with Gasteiger partial charge < -0.3 is 5.32 Å². The Morgan fingerprint density at radius 1 is 1.26 bits per heavy atom. The summed E-state index contributed by atoms with van der Waals surface area (Å²) in [6.07, 6.45) is 0.773. The number of halogens is 1. The van der Waals surface area contributed by atoms with E-state index in [1.54, 1.807) is 30.3 Å². The molecule has 0 saturated carbocycles. The number of nitrogens with one attached hydrogen (secondary N) is 2. The van der Waals surface area contributed by atoms with Crippen molar-refractivity contribution in [2.24, 2.45) is 0 Å². The summed E-state index contributed by atoms with van der Waals surface area (Å²) in [7, 11) is -3.67. The maximum atomic E-state index is 12.1. The van der Waals surface area contributed by atoms with E-state index in [0.717, 1.165) is 16.9 Å². The molecule has 124 valence electrons. The van der Waals surface area contributed by atoms with E-state index in [0.29, 0.717) is 10.7 Å². The fraction of sp³-hybridized carbons (Fsp3) is 0.267. The molecule has 0 aliphatic carbocycles. The van der Waals surface area contributed by atoms with Crippen LogP contribution in [-0.4, -0.2) is 20.9 Å². The third kappa shape index (κ3) is 4.78. The van der Waals surface area contributed by atoms with Crippen molar-refractivity contribution in [1.29, 1.82) is 0 Å². The van der Waals surface area contributed by atoms with Crippen LogP contribution in [0.15, 0.2) is 34.5 Å². The number of anilines is 1. The van der Waals surface area contributed by atoms with Crippen LogP contribution in [0.25, 0.3) is 0 Å². The number of hydrogen-bond acceptors (Lipinski definition) is 4. The maximum Gasteiger partial charge on any atom is 0.250 e. The van der Waals surface area contributed by atoms with Crippen molar-refractivity contribution < 1.29 is 13.2 Å². The Hall–Kier alpha value is -1.41. The van der Waals surface area contributed by atoms with Gasteiger partial charge in [-0.3, -0.25) is 4.79 Å². The molecule has 2 N–H and O–H groups in total. The van der Waals surface area contributed by atoms with Gasteiger partial charge in [0.2, 0.25) is 5.91 Å². The number of carbonyl (C=O) groups excluding carboxylic acids is 1. The number of benzene rings is 1. The third-order valence-corrected chi connectivity index (χ3v) is 6.66. The average molecular weight is 373 g/mol. The van der Waals surface area contributed by atoms with Gasteiger partial charge in [-0.15, -0.1) is 11.3 Å². The van der Waals surface area contributed by atoms with Gasteiger partial charge in [0.15, 0.2) is 0 Å². The smallest absolute Gasteiger partial charge is 0.250 e. The van der Waals surface area contributed by atoms with Gasteiger partial charge in [-0.2, -0.15) is 0 Å². The summed E-state index contributed by atoms with van der Waals surface area (Å²) in [6, 6.07) is 8.42. The third-order valence-electron chi connectivity index (χ3n) is 3.13. The molecule has 0 spiro atoms. The summed E-state index contributed by atoms with van der Waals surface area (Å²) in [5.74, 6) is -0.458. The molecule has 1 heterocycles. The lowest BCUT2D eigenvalue weighted by Gasteiger charge is -2.08. The largest absolute Gasteiger partial charge is 0.325 e. The summed E-state index contributed by atoms with van der Waals surface area (Å²) in [5.41, 5.74) is 1.42. The Bertz CT molecular complexity index is 816. The number of thiophene rings is 1. The Morgan fingerprint density at radius 2 is 2.00 bits per heavy atom. The van der Waals surface area contributed by atoms with Crippen molar-refractivity contribution in [3.63, 3.8) is 0 Å². The van der Waals surface area contributed by atoms with Crippen molar-refractivity contribution >= 4 is 44.6 Å². The number of carbonyl (C=O) groups is 1. The van der Waals surface area contributed by atoms with Crippen LogP contribution in [0.5, 0.6) is 0 Å². The zero-order chi connectivity index (χ0) is 17.0. The number of rotatable bonds is 6. The molecule has 23 heavy (non-hydrogen) atoms. The first-order valence-electron chi connectivity index (χ1n) is 6.96. The van der Waals surface area contributed by atoms with Crippen LogP contribution in [0.3, 0.4) is 0 Å². The van der Waals surface area contributed by atoms with Crippen LogP contribution in [0.1, 0.15) is 17.4 Å². The molecule has 8 heteroatoms. The highest BCUT2D eigenvalue weighted by Gasteiger charge is 2.17. The van der Waals surface area contributed by atoms with Crippen LogP contribution in [0.4, 0.5) is 5.69 Å². The monoisotopic (exact) mass is 372 g/mol. The lowest BCUT2D eigenvalue weighted by Crippen LogP contribution is -2.32. The molecule has 5 nitrogen and oxygen atoms in total. The second-order valence-electron chi connectivity index (χ2n) is 4.91. The summed E-state index contributed by atoms with van der Waals surface area (Å²) in [5, 5.41) is 3.14. The predicted octanol–water partition coefficient (Wildman–Crippen LogP) is 3.19. The highest BCUT2D eigenvalue weighted by atomic mass is 35.5. The van der Waals surface area contributed by atoms with Crippen molar-refractivity contribution in [1.82, 2.24) is 4.72 Å². The molecule has 0 fully saturated rings. The molecule has 0 aliphatic heterocycles. The molecule has 0 radical (unpaired) electrons.